The van der Waals surface area contributed by atoms with Crippen molar-refractivity contribution in [2.24, 2.45) is 5.92 Å². The summed E-state index contributed by atoms with van der Waals surface area (Å²) >= 11 is 0. The number of carbonyl (C=O) groups excluding carboxylic acids is 1. The first kappa shape index (κ1) is 20.6. The quantitative estimate of drug-likeness (QED) is 0.639. The predicted octanol–water partition coefficient (Wildman–Crippen LogP) is 2.74. The lowest BCUT2D eigenvalue weighted by Crippen LogP contribution is -2.38. The highest BCUT2D eigenvalue weighted by atomic mass is 16.5. The first-order chi connectivity index (χ1) is 15.6. The number of pyridine rings is 1. The van der Waals surface area contributed by atoms with Crippen molar-refractivity contribution in [3.8, 4) is 5.88 Å². The lowest BCUT2D eigenvalue weighted by atomic mass is 9.80. The Kier molecular flexibility index (Phi) is 5.38. The van der Waals surface area contributed by atoms with Crippen molar-refractivity contribution in [3.05, 3.63) is 71.5 Å². The van der Waals surface area contributed by atoms with E-state index in [4.69, 9.17) is 9.26 Å². The summed E-state index contributed by atoms with van der Waals surface area (Å²) in [5.74, 6) is 2.04. The molecule has 3 atom stereocenters. The highest BCUT2D eigenvalue weighted by Gasteiger charge is 2.57. The Labute approximate surface area is 187 Å². The van der Waals surface area contributed by atoms with Crippen molar-refractivity contribution in [1.29, 1.82) is 0 Å². The summed E-state index contributed by atoms with van der Waals surface area (Å²) in [6, 6.07) is 14.0. The van der Waals surface area contributed by atoms with E-state index in [9.17, 15) is 4.79 Å². The van der Waals surface area contributed by atoms with Crippen LogP contribution in [-0.4, -0.2) is 52.2 Å². The molecule has 0 spiro atoms. The standard InChI is InChI=1S/C24H27N5O3/c1-16-26-23(32-28-16)24-11-20(27-22(30)18-8-9-21(31-2)25-12-18)10-19(24)14-29(15-24)13-17-6-4-3-5-7-17/h3-9,12,19-20H,10-11,13-15H2,1-2H3,(H,27,30)/t19-,20+,24-/m0/s1. The van der Waals surface area contributed by atoms with Gasteiger partial charge in [-0.15, -0.1) is 0 Å². The molecule has 0 radical (unpaired) electrons. The molecule has 1 aromatic carbocycles. The van der Waals surface area contributed by atoms with Crippen molar-refractivity contribution >= 4 is 5.91 Å². The van der Waals surface area contributed by atoms with Crippen LogP contribution in [0.1, 0.15) is 40.5 Å². The van der Waals surface area contributed by atoms with E-state index in [0.29, 0.717) is 29.1 Å². The van der Waals surface area contributed by atoms with Gasteiger partial charge in [0.25, 0.3) is 5.91 Å². The number of ether oxygens (including phenoxy) is 1. The molecule has 1 saturated heterocycles. The molecule has 2 aliphatic rings. The number of nitrogens with zero attached hydrogens (tertiary/aromatic N) is 4. The molecule has 2 fully saturated rings. The van der Waals surface area contributed by atoms with Crippen LogP contribution < -0.4 is 10.1 Å². The smallest absolute Gasteiger partial charge is 0.253 e. The summed E-state index contributed by atoms with van der Waals surface area (Å²) in [5.41, 5.74) is 1.57. The zero-order chi connectivity index (χ0) is 22.1. The minimum atomic E-state index is -0.244. The molecule has 1 N–H and O–H groups in total. The number of carbonyl (C=O) groups is 1. The van der Waals surface area contributed by atoms with Gasteiger partial charge in [-0.25, -0.2) is 4.98 Å². The number of methoxy groups -OCH3 is 1. The highest BCUT2D eigenvalue weighted by molar-refractivity contribution is 5.94. The fourth-order valence-corrected chi connectivity index (χ4v) is 5.28. The first-order valence-corrected chi connectivity index (χ1v) is 10.9. The Morgan fingerprint density at radius 2 is 2.12 bits per heavy atom. The van der Waals surface area contributed by atoms with Gasteiger partial charge in [0, 0.05) is 37.9 Å². The van der Waals surface area contributed by atoms with Crippen LogP contribution in [0.5, 0.6) is 5.88 Å². The molecule has 1 aliphatic carbocycles. The lowest BCUT2D eigenvalue weighted by molar-refractivity contribution is 0.0933. The summed E-state index contributed by atoms with van der Waals surface area (Å²) < 4.78 is 10.8. The second kappa shape index (κ2) is 8.35. The van der Waals surface area contributed by atoms with Gasteiger partial charge < -0.3 is 14.6 Å². The largest absolute Gasteiger partial charge is 0.481 e. The molecule has 0 unspecified atom stereocenters. The van der Waals surface area contributed by atoms with E-state index in [1.165, 1.54) is 5.56 Å². The molecule has 1 amide bonds. The van der Waals surface area contributed by atoms with Crippen LogP contribution in [0.15, 0.2) is 53.2 Å². The Morgan fingerprint density at radius 3 is 2.81 bits per heavy atom. The van der Waals surface area contributed by atoms with Crippen molar-refractivity contribution in [1.82, 2.24) is 25.3 Å². The van der Waals surface area contributed by atoms with Crippen molar-refractivity contribution in [3.63, 3.8) is 0 Å². The average molecular weight is 434 g/mol. The van der Waals surface area contributed by atoms with Gasteiger partial charge in [-0.05, 0) is 37.3 Å². The third-order valence-electron chi connectivity index (χ3n) is 6.69. The maximum absolute atomic E-state index is 12.8. The number of amides is 1. The van der Waals surface area contributed by atoms with Crippen LogP contribution in [0, 0.1) is 12.8 Å². The number of aryl methyl sites for hydroxylation is 1. The van der Waals surface area contributed by atoms with Crippen LogP contribution in [0.25, 0.3) is 0 Å². The van der Waals surface area contributed by atoms with Crippen molar-refractivity contribution < 1.29 is 14.1 Å². The number of benzene rings is 1. The topological polar surface area (TPSA) is 93.4 Å². The number of nitrogens with one attached hydrogen (secondary N) is 1. The van der Waals surface area contributed by atoms with E-state index in [1.54, 1.807) is 25.4 Å². The minimum absolute atomic E-state index is 0.0423. The van der Waals surface area contributed by atoms with Crippen LogP contribution in [-0.2, 0) is 12.0 Å². The zero-order valence-electron chi connectivity index (χ0n) is 18.3. The van der Waals surface area contributed by atoms with E-state index in [1.807, 2.05) is 13.0 Å². The number of likely N-dealkylation sites (tertiary alicyclic amines) is 1. The van der Waals surface area contributed by atoms with Gasteiger partial charge in [0.2, 0.25) is 11.8 Å². The lowest BCUT2D eigenvalue weighted by Gasteiger charge is -2.25. The molecule has 1 aliphatic heterocycles. The Hall–Kier alpha value is -3.26. The van der Waals surface area contributed by atoms with E-state index < -0.39 is 0 Å². The van der Waals surface area contributed by atoms with Crippen molar-refractivity contribution in [2.45, 2.75) is 37.8 Å². The molecule has 32 heavy (non-hydrogen) atoms. The SMILES string of the molecule is COc1ccc(C(=O)N[C@@H]2C[C@H]3CN(Cc4ccccc4)C[C@@]3(c3nc(C)no3)C2)cn1. The summed E-state index contributed by atoms with van der Waals surface area (Å²) in [4.78, 5) is 24.0. The molecule has 5 rings (SSSR count). The number of hydrogen-bond donors (Lipinski definition) is 1. The molecular formula is C24H27N5O3. The van der Waals surface area contributed by atoms with E-state index >= 15 is 0 Å². The first-order valence-electron chi connectivity index (χ1n) is 10.9. The van der Waals surface area contributed by atoms with Crippen LogP contribution in [0.4, 0.5) is 0 Å². The van der Waals surface area contributed by atoms with Gasteiger partial charge >= 0.3 is 0 Å². The average Bonchev–Trinajstić information content (AvgIpc) is 3.47. The monoisotopic (exact) mass is 433 g/mol. The summed E-state index contributed by atoms with van der Waals surface area (Å²) in [6.07, 6.45) is 3.20. The van der Waals surface area contributed by atoms with Crippen LogP contribution in [0.2, 0.25) is 0 Å². The van der Waals surface area contributed by atoms with Gasteiger partial charge in [0.1, 0.15) is 0 Å². The molecular weight excluding hydrogens is 406 g/mol. The fourth-order valence-electron chi connectivity index (χ4n) is 5.28. The molecule has 166 valence electrons. The maximum atomic E-state index is 12.8. The predicted molar refractivity (Wildman–Crippen MR) is 117 cm³/mol. The number of hydrogen-bond acceptors (Lipinski definition) is 7. The second-order valence-corrected chi connectivity index (χ2v) is 8.85. The van der Waals surface area contributed by atoms with Crippen LogP contribution in [0.3, 0.4) is 0 Å². The van der Waals surface area contributed by atoms with Gasteiger partial charge in [-0.1, -0.05) is 35.5 Å². The molecule has 3 heterocycles. The Morgan fingerprint density at radius 1 is 1.28 bits per heavy atom. The fraction of sp³-hybridized carbons (Fsp3) is 0.417. The third-order valence-corrected chi connectivity index (χ3v) is 6.69. The van der Waals surface area contributed by atoms with Crippen molar-refractivity contribution in [2.75, 3.05) is 20.2 Å². The molecule has 0 bridgehead atoms. The van der Waals surface area contributed by atoms with E-state index in [0.717, 1.165) is 32.5 Å². The number of rotatable bonds is 6. The molecule has 3 aromatic rings. The van der Waals surface area contributed by atoms with E-state index in [-0.39, 0.29) is 17.4 Å². The third kappa shape index (κ3) is 3.86. The zero-order valence-corrected chi connectivity index (χ0v) is 18.3. The van der Waals surface area contributed by atoms with Gasteiger partial charge in [-0.3, -0.25) is 9.69 Å². The molecule has 2 aromatic heterocycles. The molecule has 8 nitrogen and oxygen atoms in total. The van der Waals surface area contributed by atoms with Crippen LogP contribution >= 0.6 is 0 Å². The number of fused-ring (bicyclic) bond motifs is 1. The molecule has 1 saturated carbocycles. The summed E-state index contributed by atoms with van der Waals surface area (Å²) in [5, 5.41) is 7.26. The maximum Gasteiger partial charge on any atom is 0.253 e. The Bertz CT molecular complexity index is 1080. The van der Waals surface area contributed by atoms with Gasteiger partial charge in [0.05, 0.1) is 18.1 Å². The van der Waals surface area contributed by atoms with Gasteiger partial charge in [0.15, 0.2) is 5.82 Å². The Balaban J connectivity index is 1.33. The minimum Gasteiger partial charge on any atom is -0.481 e. The summed E-state index contributed by atoms with van der Waals surface area (Å²) in [7, 11) is 1.55. The van der Waals surface area contributed by atoms with E-state index in [2.05, 4.69) is 49.6 Å². The summed E-state index contributed by atoms with van der Waals surface area (Å²) in [6.45, 7) is 4.51. The normalized spacial score (nSPS) is 24.9. The van der Waals surface area contributed by atoms with Gasteiger partial charge in [-0.2, -0.15) is 4.98 Å². The molecule has 8 heteroatoms. The second-order valence-electron chi connectivity index (χ2n) is 8.85. The number of aromatic nitrogens is 3. The highest BCUT2D eigenvalue weighted by Crippen LogP contribution is 2.50.